The number of amides is 2. The predicted octanol–water partition coefficient (Wildman–Crippen LogP) is 3.73. The molecule has 2 atom stereocenters. The Morgan fingerprint density at radius 3 is 2.26 bits per heavy atom. The van der Waals surface area contributed by atoms with E-state index in [1.807, 2.05) is 38.1 Å². The number of nitrogens with one attached hydrogen (secondary N) is 2. The average Bonchev–Trinajstić information content (AvgIpc) is 3.16. The third-order valence-corrected chi connectivity index (χ3v) is 5.61. The number of fused-ring (bicyclic) bond motifs is 2. The number of hydrogen-bond donors (Lipinski definition) is 2. The summed E-state index contributed by atoms with van der Waals surface area (Å²) in [5.74, 6) is 1.12. The van der Waals surface area contributed by atoms with E-state index in [0.29, 0.717) is 29.2 Å². The molecule has 176 valence electrons. The zero-order valence-electron chi connectivity index (χ0n) is 19.1. The third kappa shape index (κ3) is 5.23. The van der Waals surface area contributed by atoms with Crippen LogP contribution >= 0.6 is 0 Å². The van der Waals surface area contributed by atoms with E-state index < -0.39 is 0 Å². The number of nitrogens with zero attached hydrogens (tertiary/aromatic N) is 5. The van der Waals surface area contributed by atoms with Crippen LogP contribution in [0.3, 0.4) is 0 Å². The molecular formula is C24H27N7O3. The maximum absolute atomic E-state index is 12.3. The van der Waals surface area contributed by atoms with Crippen molar-refractivity contribution in [2.75, 3.05) is 28.6 Å². The number of rotatable bonds is 6. The number of ether oxygens (including phenoxy) is 2. The van der Waals surface area contributed by atoms with Gasteiger partial charge in [0.2, 0.25) is 5.95 Å². The summed E-state index contributed by atoms with van der Waals surface area (Å²) in [6.45, 7) is 5.40. The smallest absolute Gasteiger partial charge is 0.323 e. The molecule has 2 amide bonds. The molecule has 0 aliphatic carbocycles. The van der Waals surface area contributed by atoms with E-state index in [1.54, 1.807) is 24.5 Å². The van der Waals surface area contributed by atoms with Crippen molar-refractivity contribution in [3.63, 3.8) is 0 Å². The predicted molar refractivity (Wildman–Crippen MR) is 128 cm³/mol. The Morgan fingerprint density at radius 2 is 1.62 bits per heavy atom. The van der Waals surface area contributed by atoms with E-state index >= 15 is 0 Å². The van der Waals surface area contributed by atoms with Gasteiger partial charge in [-0.25, -0.2) is 4.79 Å². The molecule has 10 nitrogen and oxygen atoms in total. The van der Waals surface area contributed by atoms with Gasteiger partial charge in [0, 0.05) is 42.4 Å². The number of anilines is 3. The highest BCUT2D eigenvalue weighted by atomic mass is 16.5. The van der Waals surface area contributed by atoms with Crippen LogP contribution in [0.1, 0.15) is 26.7 Å². The average molecular weight is 462 g/mol. The summed E-state index contributed by atoms with van der Waals surface area (Å²) in [4.78, 5) is 32.2. The lowest BCUT2D eigenvalue weighted by Crippen LogP contribution is -2.43. The third-order valence-electron chi connectivity index (χ3n) is 5.61. The van der Waals surface area contributed by atoms with Gasteiger partial charge in [-0.05, 0) is 63.1 Å². The molecule has 4 heterocycles. The molecule has 2 aromatic heterocycles. The fraction of sp³-hybridized carbons (Fsp3) is 0.375. The first-order valence-electron chi connectivity index (χ1n) is 11.4. The molecule has 0 saturated carbocycles. The second kappa shape index (κ2) is 9.60. The fourth-order valence-corrected chi connectivity index (χ4v) is 4.09. The van der Waals surface area contributed by atoms with Crippen molar-refractivity contribution < 1.29 is 14.3 Å². The van der Waals surface area contributed by atoms with Crippen molar-refractivity contribution in [2.24, 2.45) is 0 Å². The van der Waals surface area contributed by atoms with Crippen molar-refractivity contribution in [2.45, 2.75) is 45.0 Å². The summed E-state index contributed by atoms with van der Waals surface area (Å²) in [6, 6.07) is 10.7. The zero-order valence-corrected chi connectivity index (χ0v) is 19.1. The summed E-state index contributed by atoms with van der Waals surface area (Å²) >= 11 is 0. The van der Waals surface area contributed by atoms with E-state index in [2.05, 4.69) is 30.5 Å². The van der Waals surface area contributed by atoms with Crippen LogP contribution in [0.5, 0.6) is 6.01 Å². The largest absolute Gasteiger partial charge is 0.461 e. The topological polar surface area (TPSA) is 114 Å². The summed E-state index contributed by atoms with van der Waals surface area (Å²) in [7, 11) is 0. The quantitative estimate of drug-likeness (QED) is 0.571. The van der Waals surface area contributed by atoms with E-state index in [-0.39, 0.29) is 24.3 Å². The van der Waals surface area contributed by atoms with E-state index in [1.165, 1.54) is 0 Å². The number of aromatic nitrogens is 4. The first-order valence-corrected chi connectivity index (χ1v) is 11.4. The minimum Gasteiger partial charge on any atom is -0.461 e. The van der Waals surface area contributed by atoms with Crippen molar-refractivity contribution in [3.8, 4) is 17.4 Å². The Morgan fingerprint density at radius 1 is 0.971 bits per heavy atom. The van der Waals surface area contributed by atoms with Crippen LogP contribution in [0.25, 0.3) is 11.4 Å². The first kappa shape index (κ1) is 22.0. The molecule has 3 aromatic rings. The number of carbonyl (C=O) groups excluding carboxylic acids is 1. The van der Waals surface area contributed by atoms with Crippen LogP contribution in [0.2, 0.25) is 0 Å². The molecule has 10 heteroatoms. The zero-order chi connectivity index (χ0) is 23.5. The van der Waals surface area contributed by atoms with Gasteiger partial charge in [-0.15, -0.1) is 0 Å². The van der Waals surface area contributed by atoms with E-state index in [9.17, 15) is 4.79 Å². The molecule has 2 saturated heterocycles. The van der Waals surface area contributed by atoms with E-state index in [4.69, 9.17) is 14.5 Å². The number of urea groups is 1. The van der Waals surface area contributed by atoms with Gasteiger partial charge in [0.1, 0.15) is 0 Å². The first-order chi connectivity index (χ1) is 16.5. The van der Waals surface area contributed by atoms with Gasteiger partial charge in [-0.3, -0.25) is 4.98 Å². The Kier molecular flexibility index (Phi) is 6.22. The van der Waals surface area contributed by atoms with Crippen LogP contribution in [0.4, 0.5) is 22.1 Å². The summed E-state index contributed by atoms with van der Waals surface area (Å²) in [5.41, 5.74) is 2.11. The Labute approximate surface area is 197 Å². The summed E-state index contributed by atoms with van der Waals surface area (Å²) < 4.78 is 11.8. The molecule has 2 unspecified atom stereocenters. The lowest BCUT2D eigenvalue weighted by molar-refractivity contribution is 0.0298. The van der Waals surface area contributed by atoms with Gasteiger partial charge in [0.05, 0.1) is 18.3 Å². The van der Waals surface area contributed by atoms with Gasteiger partial charge in [0.15, 0.2) is 5.82 Å². The van der Waals surface area contributed by atoms with E-state index in [0.717, 1.165) is 31.5 Å². The minimum absolute atomic E-state index is 0.0607. The molecular weight excluding hydrogens is 434 g/mol. The molecule has 1 aromatic carbocycles. The van der Waals surface area contributed by atoms with Crippen molar-refractivity contribution in [3.05, 3.63) is 48.8 Å². The lowest BCUT2D eigenvalue weighted by Gasteiger charge is -2.32. The normalized spacial score (nSPS) is 19.2. The number of hydrogen-bond acceptors (Lipinski definition) is 8. The van der Waals surface area contributed by atoms with Crippen LogP contribution in [0.15, 0.2) is 48.8 Å². The molecule has 2 bridgehead atoms. The summed E-state index contributed by atoms with van der Waals surface area (Å²) in [6.07, 6.45) is 5.75. The van der Waals surface area contributed by atoms with Crippen molar-refractivity contribution in [1.29, 1.82) is 0 Å². The van der Waals surface area contributed by atoms with Gasteiger partial charge >= 0.3 is 12.0 Å². The van der Waals surface area contributed by atoms with Gasteiger partial charge in [0.25, 0.3) is 0 Å². The maximum atomic E-state index is 12.3. The lowest BCUT2D eigenvalue weighted by atomic mass is 10.2. The van der Waals surface area contributed by atoms with Crippen molar-refractivity contribution in [1.82, 2.24) is 19.9 Å². The maximum Gasteiger partial charge on any atom is 0.323 e. The number of benzene rings is 1. The molecule has 0 radical (unpaired) electrons. The van der Waals surface area contributed by atoms with Crippen molar-refractivity contribution >= 4 is 23.4 Å². The van der Waals surface area contributed by atoms with Crippen LogP contribution < -0.4 is 20.3 Å². The highest BCUT2D eigenvalue weighted by molar-refractivity contribution is 5.99. The van der Waals surface area contributed by atoms with Crippen LogP contribution in [-0.2, 0) is 4.74 Å². The minimum atomic E-state index is -0.337. The highest BCUT2D eigenvalue weighted by Gasteiger charge is 2.35. The molecule has 0 spiro atoms. The number of carbonyl (C=O) groups is 1. The second-order valence-electron chi connectivity index (χ2n) is 8.66. The van der Waals surface area contributed by atoms with Crippen LogP contribution in [-0.4, -0.2) is 57.4 Å². The number of morpholine rings is 1. The van der Waals surface area contributed by atoms with Gasteiger partial charge in [-0.1, -0.05) is 0 Å². The number of pyridine rings is 1. The van der Waals surface area contributed by atoms with Gasteiger partial charge < -0.3 is 25.0 Å². The fourth-order valence-electron chi connectivity index (χ4n) is 4.09. The van der Waals surface area contributed by atoms with Crippen LogP contribution in [0, 0.1) is 0 Å². The molecule has 2 aliphatic heterocycles. The SMILES string of the molecule is CC(C)Oc1nc(-c2ccc(NC(=O)Nc3ccncc3)cc2)nc(N2CC3CCC(C2)O3)n1. The Balaban J connectivity index is 1.34. The molecule has 2 aliphatic rings. The second-order valence-corrected chi connectivity index (χ2v) is 8.66. The molecule has 34 heavy (non-hydrogen) atoms. The summed E-state index contributed by atoms with van der Waals surface area (Å²) in [5, 5.41) is 5.58. The molecule has 2 N–H and O–H groups in total. The molecule has 2 fully saturated rings. The Bertz CT molecular complexity index is 1130. The van der Waals surface area contributed by atoms with Gasteiger partial charge in [-0.2, -0.15) is 15.0 Å². The highest BCUT2D eigenvalue weighted by Crippen LogP contribution is 2.30. The molecule has 5 rings (SSSR count). The Hall–Kier alpha value is -3.79. The standard InChI is InChI=1S/C24H27N7O3/c1-15(2)33-24-29-21(28-22(30-24)31-13-19-7-8-20(14-31)34-19)16-3-5-17(6-4-16)26-23(32)27-18-9-11-25-12-10-18/h3-6,9-12,15,19-20H,7-8,13-14H2,1-2H3,(H2,25,26,27,32). The monoisotopic (exact) mass is 461 g/mol.